The van der Waals surface area contributed by atoms with Crippen molar-refractivity contribution in [3.8, 4) is 0 Å². The van der Waals surface area contributed by atoms with Crippen molar-refractivity contribution in [3.63, 3.8) is 0 Å². The van der Waals surface area contributed by atoms with Gasteiger partial charge in [-0.05, 0) is 42.9 Å². The van der Waals surface area contributed by atoms with E-state index in [0.717, 1.165) is 12.1 Å². The van der Waals surface area contributed by atoms with E-state index in [4.69, 9.17) is 9.47 Å². The van der Waals surface area contributed by atoms with Crippen LogP contribution in [0.3, 0.4) is 0 Å². The summed E-state index contributed by atoms with van der Waals surface area (Å²) in [5.74, 6) is -0.878. The molecule has 0 unspecified atom stereocenters. The van der Waals surface area contributed by atoms with E-state index in [0.29, 0.717) is 24.7 Å². The summed E-state index contributed by atoms with van der Waals surface area (Å²) in [5.41, 5.74) is -0.278. The van der Waals surface area contributed by atoms with E-state index in [2.05, 4.69) is 0 Å². The molecule has 1 rings (SSSR count). The van der Waals surface area contributed by atoms with Gasteiger partial charge in [0.2, 0.25) is 0 Å². The first kappa shape index (κ1) is 26.3. The molecular formula is C18H26CaO7S+2. The topological polar surface area (TPSA) is 107 Å². The maximum Gasteiger partial charge on any atom is 2.00 e. The molecule has 1 N–H and O–H groups in total. The van der Waals surface area contributed by atoms with Crippen LogP contribution in [-0.4, -0.2) is 75.9 Å². The van der Waals surface area contributed by atoms with Gasteiger partial charge in [-0.1, -0.05) is 27.7 Å². The van der Waals surface area contributed by atoms with Gasteiger partial charge >= 0.3 is 49.7 Å². The van der Waals surface area contributed by atoms with Crippen molar-refractivity contribution in [2.24, 2.45) is 11.8 Å². The van der Waals surface area contributed by atoms with Crippen LogP contribution >= 0.6 is 0 Å². The monoisotopic (exact) mass is 426 g/mol. The average molecular weight is 427 g/mol. The fourth-order valence-corrected chi connectivity index (χ4v) is 2.48. The smallest absolute Gasteiger partial charge is 0.462 e. The molecular weight excluding hydrogens is 400 g/mol. The second-order valence-electron chi connectivity index (χ2n) is 6.86. The third-order valence-electron chi connectivity index (χ3n) is 3.53. The van der Waals surface area contributed by atoms with Crippen molar-refractivity contribution in [3.05, 3.63) is 29.3 Å². The molecule has 0 fully saturated rings. The van der Waals surface area contributed by atoms with Crippen molar-refractivity contribution in [2.75, 3.05) is 13.2 Å². The van der Waals surface area contributed by atoms with Crippen LogP contribution in [0.4, 0.5) is 0 Å². The Morgan fingerprint density at radius 1 is 0.889 bits per heavy atom. The van der Waals surface area contributed by atoms with Crippen LogP contribution in [0.5, 0.6) is 0 Å². The molecule has 0 spiro atoms. The SMILES string of the molecule is CC(C)CCOC(=O)c1cc(C(=O)OCCC(C)C)cc(S(=O)(=O)O)c1.[Ca+2]. The van der Waals surface area contributed by atoms with E-state index >= 15 is 0 Å². The molecule has 7 nitrogen and oxygen atoms in total. The summed E-state index contributed by atoms with van der Waals surface area (Å²) in [4.78, 5) is 23.7. The average Bonchev–Trinajstić information content (AvgIpc) is 2.52. The molecule has 0 aliphatic carbocycles. The zero-order chi connectivity index (χ0) is 19.9. The van der Waals surface area contributed by atoms with Gasteiger partial charge in [0.1, 0.15) is 0 Å². The Morgan fingerprint density at radius 2 is 1.26 bits per heavy atom. The number of carbonyl (C=O) groups excluding carboxylic acids is 2. The molecule has 0 heterocycles. The minimum atomic E-state index is -4.60. The molecule has 0 atom stereocenters. The van der Waals surface area contributed by atoms with Crippen molar-refractivity contribution in [2.45, 2.75) is 45.4 Å². The second-order valence-corrected chi connectivity index (χ2v) is 8.28. The summed E-state index contributed by atoms with van der Waals surface area (Å²) in [6.45, 7) is 8.22. The normalized spacial score (nSPS) is 11.2. The fourth-order valence-electron chi connectivity index (χ4n) is 1.93. The van der Waals surface area contributed by atoms with Gasteiger partial charge in [-0.25, -0.2) is 9.59 Å². The number of carbonyl (C=O) groups is 2. The molecule has 1 aromatic rings. The van der Waals surface area contributed by atoms with Gasteiger partial charge < -0.3 is 9.47 Å². The molecule has 0 amide bonds. The predicted octanol–water partition coefficient (Wildman–Crippen LogP) is 2.96. The number of hydrogen-bond acceptors (Lipinski definition) is 6. The molecule has 0 bridgehead atoms. The summed E-state index contributed by atoms with van der Waals surface area (Å²) in [6, 6.07) is 3.14. The van der Waals surface area contributed by atoms with Gasteiger partial charge in [0.25, 0.3) is 10.1 Å². The summed E-state index contributed by atoms with van der Waals surface area (Å²) in [7, 11) is -4.60. The van der Waals surface area contributed by atoms with Crippen LogP contribution in [0.2, 0.25) is 0 Å². The molecule has 27 heavy (non-hydrogen) atoms. The Kier molecular flexibility index (Phi) is 11.7. The van der Waals surface area contributed by atoms with Crippen LogP contribution in [0.15, 0.2) is 23.1 Å². The van der Waals surface area contributed by atoms with Crippen LogP contribution in [0, 0.1) is 11.8 Å². The summed E-state index contributed by atoms with van der Waals surface area (Å²) >= 11 is 0. The maximum absolute atomic E-state index is 12.1. The van der Waals surface area contributed by atoms with E-state index in [1.165, 1.54) is 6.07 Å². The van der Waals surface area contributed by atoms with Gasteiger partial charge in [0.15, 0.2) is 0 Å². The van der Waals surface area contributed by atoms with Gasteiger partial charge in [-0.3, -0.25) is 4.55 Å². The fraction of sp³-hybridized carbons (Fsp3) is 0.556. The van der Waals surface area contributed by atoms with E-state index in [1.807, 2.05) is 27.7 Å². The van der Waals surface area contributed by atoms with E-state index in [1.54, 1.807) is 0 Å². The van der Waals surface area contributed by atoms with Gasteiger partial charge in [0, 0.05) is 0 Å². The molecule has 0 aliphatic rings. The van der Waals surface area contributed by atoms with Crippen molar-refractivity contribution < 1.29 is 32.0 Å². The first-order valence-electron chi connectivity index (χ1n) is 8.47. The van der Waals surface area contributed by atoms with Crippen LogP contribution in [0.1, 0.15) is 61.3 Å². The summed E-state index contributed by atoms with van der Waals surface area (Å²) < 4.78 is 42.3. The Bertz CT molecular complexity index is 698. The van der Waals surface area contributed by atoms with E-state index < -0.39 is 27.0 Å². The van der Waals surface area contributed by atoms with Crippen molar-refractivity contribution in [1.29, 1.82) is 0 Å². The molecule has 0 saturated heterocycles. The molecule has 0 aliphatic heterocycles. The molecule has 0 saturated carbocycles. The zero-order valence-corrected chi connectivity index (χ0v) is 19.3. The minimum absolute atomic E-state index is 0. The molecule has 0 aromatic heterocycles. The van der Waals surface area contributed by atoms with Gasteiger partial charge in [-0.2, -0.15) is 8.42 Å². The second kappa shape index (κ2) is 12.0. The molecule has 0 radical (unpaired) electrons. The number of hydrogen-bond donors (Lipinski definition) is 1. The number of benzene rings is 1. The maximum atomic E-state index is 12.1. The van der Waals surface area contributed by atoms with Gasteiger partial charge in [-0.15, -0.1) is 0 Å². The Morgan fingerprint density at radius 3 is 1.56 bits per heavy atom. The Balaban J connectivity index is 0.00000676. The predicted molar refractivity (Wildman–Crippen MR) is 101 cm³/mol. The van der Waals surface area contributed by atoms with Crippen molar-refractivity contribution in [1.82, 2.24) is 0 Å². The quantitative estimate of drug-likeness (QED) is 0.367. The largest absolute Gasteiger partial charge is 2.00 e. The molecule has 146 valence electrons. The Hall–Kier alpha value is -0.670. The minimum Gasteiger partial charge on any atom is -0.462 e. The van der Waals surface area contributed by atoms with E-state index in [9.17, 15) is 22.6 Å². The van der Waals surface area contributed by atoms with E-state index in [-0.39, 0.29) is 62.1 Å². The number of rotatable bonds is 9. The number of ether oxygens (including phenoxy) is 2. The molecule has 9 heteroatoms. The molecule has 1 aromatic carbocycles. The summed E-state index contributed by atoms with van der Waals surface area (Å²) in [6.07, 6.45) is 1.29. The first-order chi connectivity index (χ1) is 12.0. The first-order valence-corrected chi connectivity index (χ1v) is 9.91. The van der Waals surface area contributed by atoms with Crippen LogP contribution in [0.25, 0.3) is 0 Å². The third kappa shape index (κ3) is 9.89. The van der Waals surface area contributed by atoms with Crippen LogP contribution < -0.4 is 0 Å². The van der Waals surface area contributed by atoms with Crippen LogP contribution in [-0.2, 0) is 19.6 Å². The van der Waals surface area contributed by atoms with Crippen molar-refractivity contribution >= 4 is 59.8 Å². The third-order valence-corrected chi connectivity index (χ3v) is 4.36. The zero-order valence-electron chi connectivity index (χ0n) is 16.2. The summed E-state index contributed by atoms with van der Waals surface area (Å²) in [5, 5.41) is 0. The standard InChI is InChI=1S/C18H26O7S.Ca/c1-12(2)5-7-24-17(19)14-9-15(11-16(10-14)26(21,22)23)18(20)25-8-6-13(3)4;/h9-13H,5-8H2,1-4H3,(H,21,22,23);/q;+2. The van der Waals surface area contributed by atoms with Gasteiger partial charge in [0.05, 0.1) is 29.2 Å². The number of esters is 2. The Labute approximate surface area is 190 Å².